The molecule has 0 aliphatic carbocycles. The smallest absolute Gasteiger partial charge is 0.433 e. The van der Waals surface area contributed by atoms with Crippen molar-refractivity contribution in [3.05, 3.63) is 95.1 Å². The van der Waals surface area contributed by atoms with E-state index in [-0.39, 0.29) is 30.3 Å². The van der Waals surface area contributed by atoms with Crippen molar-refractivity contribution in [3.8, 4) is 5.88 Å². The maximum atomic E-state index is 13.4. The van der Waals surface area contributed by atoms with Gasteiger partial charge in [-0.1, -0.05) is 54.6 Å². The van der Waals surface area contributed by atoms with Crippen molar-refractivity contribution in [3.63, 3.8) is 0 Å². The number of rotatable bonds is 8. The zero-order valence-corrected chi connectivity index (χ0v) is 17.9. The van der Waals surface area contributed by atoms with Gasteiger partial charge < -0.3 is 14.2 Å². The van der Waals surface area contributed by atoms with Gasteiger partial charge in [-0.25, -0.2) is 9.78 Å². The van der Waals surface area contributed by atoms with Crippen molar-refractivity contribution < 1.29 is 32.2 Å². The number of hydrogen-bond acceptors (Lipinski definition) is 6. The molecule has 0 unspecified atom stereocenters. The fourth-order valence-electron chi connectivity index (χ4n) is 3.06. The number of alkyl halides is 3. The summed E-state index contributed by atoms with van der Waals surface area (Å²) in [4.78, 5) is 20.0. The second kappa shape index (κ2) is 10.6. The van der Waals surface area contributed by atoms with Crippen LogP contribution in [0.15, 0.2) is 66.9 Å². The van der Waals surface area contributed by atoms with Crippen LogP contribution >= 0.6 is 0 Å². The lowest BCUT2D eigenvalue weighted by atomic mass is 10.0. The van der Waals surface area contributed by atoms with E-state index in [1.807, 2.05) is 6.07 Å². The standard InChI is InChI=1S/C24H21F3N2O4/c1-31-15-19(23(30)32-2)18-11-7-6-10-17(18)14-33-22-13-20(24(25,26)27)28-21(29-22)12-16-8-4-3-5-9-16/h3-11,13,15H,12,14H2,1-2H3/b19-15+. The second-order valence-corrected chi connectivity index (χ2v) is 6.87. The van der Waals surface area contributed by atoms with Gasteiger partial charge in [0.25, 0.3) is 0 Å². The van der Waals surface area contributed by atoms with Gasteiger partial charge in [-0.3, -0.25) is 0 Å². The van der Waals surface area contributed by atoms with Gasteiger partial charge in [-0.05, 0) is 16.7 Å². The van der Waals surface area contributed by atoms with Crippen LogP contribution in [-0.2, 0) is 33.5 Å². The lowest BCUT2D eigenvalue weighted by Gasteiger charge is -2.14. The molecule has 0 bridgehead atoms. The van der Waals surface area contributed by atoms with Crippen LogP contribution in [0.1, 0.15) is 28.2 Å². The number of carbonyl (C=O) groups is 1. The summed E-state index contributed by atoms with van der Waals surface area (Å²) >= 11 is 0. The number of benzene rings is 2. The molecule has 0 amide bonds. The predicted octanol–water partition coefficient (Wildman–Crippen LogP) is 4.83. The van der Waals surface area contributed by atoms with Crippen LogP contribution in [0, 0.1) is 0 Å². The molecule has 0 saturated heterocycles. The Labute approximate surface area is 188 Å². The molecule has 1 heterocycles. The zero-order chi connectivity index (χ0) is 23.8. The molecule has 9 heteroatoms. The molecule has 33 heavy (non-hydrogen) atoms. The van der Waals surface area contributed by atoms with Gasteiger partial charge in [0.1, 0.15) is 18.0 Å². The Hall–Kier alpha value is -3.88. The lowest BCUT2D eigenvalue weighted by Crippen LogP contribution is -2.13. The van der Waals surface area contributed by atoms with E-state index in [1.165, 1.54) is 20.5 Å². The summed E-state index contributed by atoms with van der Waals surface area (Å²) in [6.07, 6.45) is -3.32. The highest BCUT2D eigenvalue weighted by Gasteiger charge is 2.34. The number of hydrogen-bond donors (Lipinski definition) is 0. The van der Waals surface area contributed by atoms with Gasteiger partial charge in [0.15, 0.2) is 5.69 Å². The largest absolute Gasteiger partial charge is 0.503 e. The van der Waals surface area contributed by atoms with E-state index in [9.17, 15) is 18.0 Å². The van der Waals surface area contributed by atoms with E-state index in [4.69, 9.17) is 14.2 Å². The average molecular weight is 458 g/mol. The van der Waals surface area contributed by atoms with E-state index in [0.717, 1.165) is 11.6 Å². The van der Waals surface area contributed by atoms with Crippen LogP contribution in [0.25, 0.3) is 5.57 Å². The Morgan fingerprint density at radius 2 is 1.70 bits per heavy atom. The van der Waals surface area contributed by atoms with E-state index >= 15 is 0 Å². The minimum absolute atomic E-state index is 0.0196. The molecule has 3 rings (SSSR count). The lowest BCUT2D eigenvalue weighted by molar-refractivity contribution is -0.141. The van der Waals surface area contributed by atoms with Gasteiger partial charge in [0.2, 0.25) is 5.88 Å². The van der Waals surface area contributed by atoms with Crippen LogP contribution in [0.5, 0.6) is 5.88 Å². The van der Waals surface area contributed by atoms with Crippen molar-refractivity contribution >= 4 is 11.5 Å². The molecule has 1 aromatic heterocycles. The summed E-state index contributed by atoms with van der Waals surface area (Å²) in [5.41, 5.74) is 0.799. The van der Waals surface area contributed by atoms with Crippen molar-refractivity contribution in [1.82, 2.24) is 9.97 Å². The van der Waals surface area contributed by atoms with Gasteiger partial charge in [0, 0.05) is 12.5 Å². The van der Waals surface area contributed by atoms with E-state index < -0.39 is 17.8 Å². The van der Waals surface area contributed by atoms with Crippen molar-refractivity contribution in [2.24, 2.45) is 0 Å². The quantitative estimate of drug-likeness (QED) is 0.274. The van der Waals surface area contributed by atoms with Crippen LogP contribution in [0.3, 0.4) is 0 Å². The van der Waals surface area contributed by atoms with E-state index in [0.29, 0.717) is 11.1 Å². The third kappa shape index (κ3) is 6.31. The zero-order valence-electron chi connectivity index (χ0n) is 17.9. The molecule has 6 nitrogen and oxygen atoms in total. The summed E-state index contributed by atoms with van der Waals surface area (Å²) in [5, 5.41) is 0. The number of esters is 1. The number of ether oxygens (including phenoxy) is 3. The molecule has 0 radical (unpaired) electrons. The molecule has 0 fully saturated rings. The van der Waals surface area contributed by atoms with Gasteiger partial charge >= 0.3 is 12.1 Å². The first-order valence-corrected chi connectivity index (χ1v) is 9.83. The Bertz CT molecular complexity index is 1130. The minimum Gasteiger partial charge on any atom is -0.503 e. The molecule has 0 saturated carbocycles. The molecule has 0 N–H and O–H groups in total. The molecule has 0 spiro atoms. The van der Waals surface area contributed by atoms with Crippen molar-refractivity contribution in [2.75, 3.05) is 14.2 Å². The van der Waals surface area contributed by atoms with Crippen LogP contribution in [0.4, 0.5) is 13.2 Å². The Kier molecular flexibility index (Phi) is 7.66. The van der Waals surface area contributed by atoms with Gasteiger partial charge in [-0.2, -0.15) is 18.2 Å². The molecule has 0 atom stereocenters. The van der Waals surface area contributed by atoms with E-state index in [1.54, 1.807) is 48.5 Å². The number of nitrogens with zero attached hydrogens (tertiary/aromatic N) is 2. The molecule has 2 aromatic carbocycles. The second-order valence-electron chi connectivity index (χ2n) is 6.87. The maximum Gasteiger partial charge on any atom is 0.433 e. The third-order valence-electron chi connectivity index (χ3n) is 4.57. The molecule has 3 aromatic rings. The summed E-state index contributed by atoms with van der Waals surface area (Å²) in [6.45, 7) is -0.146. The SMILES string of the molecule is CO/C=C(/C(=O)OC)c1ccccc1COc1cc(C(F)(F)F)nc(Cc2ccccc2)n1. The summed E-state index contributed by atoms with van der Waals surface area (Å²) in [5.74, 6) is -0.877. The fraction of sp³-hybridized carbons (Fsp3) is 0.208. The highest BCUT2D eigenvalue weighted by atomic mass is 19.4. The number of aromatic nitrogens is 2. The number of halogens is 3. The van der Waals surface area contributed by atoms with Crippen LogP contribution in [-0.4, -0.2) is 30.2 Å². The van der Waals surface area contributed by atoms with Crippen molar-refractivity contribution in [2.45, 2.75) is 19.2 Å². The predicted molar refractivity (Wildman–Crippen MR) is 114 cm³/mol. The topological polar surface area (TPSA) is 70.5 Å². The van der Waals surface area contributed by atoms with Crippen molar-refractivity contribution in [1.29, 1.82) is 0 Å². The molecular weight excluding hydrogens is 437 g/mol. The number of carbonyl (C=O) groups excluding carboxylic acids is 1. The highest BCUT2D eigenvalue weighted by molar-refractivity contribution is 6.16. The normalized spacial score (nSPS) is 11.7. The summed E-state index contributed by atoms with van der Waals surface area (Å²) < 4.78 is 55.6. The maximum absolute atomic E-state index is 13.4. The molecule has 0 aliphatic heterocycles. The van der Waals surface area contributed by atoms with Crippen LogP contribution in [0.2, 0.25) is 0 Å². The van der Waals surface area contributed by atoms with Gasteiger partial charge in [-0.15, -0.1) is 0 Å². The monoisotopic (exact) mass is 458 g/mol. The molecule has 172 valence electrons. The third-order valence-corrected chi connectivity index (χ3v) is 4.57. The number of methoxy groups -OCH3 is 2. The first kappa shape index (κ1) is 23.8. The average Bonchev–Trinajstić information content (AvgIpc) is 2.81. The molecule has 0 aliphatic rings. The fourth-order valence-corrected chi connectivity index (χ4v) is 3.06. The highest BCUT2D eigenvalue weighted by Crippen LogP contribution is 2.30. The van der Waals surface area contributed by atoms with E-state index in [2.05, 4.69) is 9.97 Å². The van der Waals surface area contributed by atoms with Gasteiger partial charge in [0.05, 0.1) is 20.5 Å². The first-order chi connectivity index (χ1) is 15.8. The Balaban J connectivity index is 1.91. The molecular formula is C24H21F3N2O4. The van der Waals surface area contributed by atoms with Crippen LogP contribution < -0.4 is 4.74 Å². The summed E-state index contributed by atoms with van der Waals surface area (Å²) in [7, 11) is 2.62. The summed E-state index contributed by atoms with van der Waals surface area (Å²) in [6, 6.07) is 16.4. The Morgan fingerprint density at radius 3 is 2.36 bits per heavy atom. The minimum atomic E-state index is -4.66. The first-order valence-electron chi connectivity index (χ1n) is 9.83. The Morgan fingerprint density at radius 1 is 1.00 bits per heavy atom.